The molecule has 2 aliphatic carbocycles. The lowest BCUT2D eigenvalue weighted by atomic mass is 9.77. The molecule has 1 heteroatoms. The fraction of sp³-hybridized carbons (Fsp3) is 0.833. The molecule has 0 bridgehead atoms. The minimum Gasteiger partial charge on any atom is -0.303 e. The summed E-state index contributed by atoms with van der Waals surface area (Å²) in [5, 5.41) is 0. The predicted octanol–water partition coefficient (Wildman–Crippen LogP) is 2.29. The zero-order valence-corrected chi connectivity index (χ0v) is 8.88. The first-order chi connectivity index (χ1) is 6.13. The SMILES string of the molecule is C[C@H]1N(C)C[C@@H]2C3=CCC3C[C@@]21C. The molecule has 1 aliphatic heterocycles. The molecule has 0 aromatic rings. The summed E-state index contributed by atoms with van der Waals surface area (Å²) in [6.45, 7) is 6.22. The quantitative estimate of drug-likeness (QED) is 0.513. The third kappa shape index (κ3) is 0.775. The van der Waals surface area contributed by atoms with E-state index in [0.29, 0.717) is 5.41 Å². The van der Waals surface area contributed by atoms with Crippen molar-refractivity contribution in [2.24, 2.45) is 17.3 Å². The Morgan fingerprint density at radius 1 is 1.54 bits per heavy atom. The van der Waals surface area contributed by atoms with E-state index < -0.39 is 0 Å². The van der Waals surface area contributed by atoms with Crippen LogP contribution < -0.4 is 0 Å². The van der Waals surface area contributed by atoms with Gasteiger partial charge < -0.3 is 4.90 Å². The molecule has 0 amide bonds. The Kier molecular flexibility index (Phi) is 1.36. The molecule has 1 heterocycles. The lowest BCUT2D eigenvalue weighted by molar-refractivity contribution is 0.191. The Morgan fingerprint density at radius 3 is 2.92 bits per heavy atom. The van der Waals surface area contributed by atoms with Gasteiger partial charge in [-0.15, -0.1) is 0 Å². The van der Waals surface area contributed by atoms with Gasteiger partial charge in [0.2, 0.25) is 0 Å². The molecule has 1 saturated heterocycles. The van der Waals surface area contributed by atoms with Gasteiger partial charge in [0.25, 0.3) is 0 Å². The number of rotatable bonds is 0. The average molecular weight is 177 g/mol. The van der Waals surface area contributed by atoms with Crippen molar-refractivity contribution in [2.45, 2.75) is 32.7 Å². The second kappa shape index (κ2) is 2.20. The highest BCUT2D eigenvalue weighted by atomic mass is 15.2. The largest absolute Gasteiger partial charge is 0.303 e. The molecule has 72 valence electrons. The van der Waals surface area contributed by atoms with Gasteiger partial charge in [-0.25, -0.2) is 0 Å². The lowest BCUT2D eigenvalue weighted by Crippen LogP contribution is -2.33. The van der Waals surface area contributed by atoms with E-state index in [1.54, 1.807) is 5.57 Å². The van der Waals surface area contributed by atoms with Crippen LogP contribution in [0.1, 0.15) is 26.7 Å². The Bertz CT molecular complexity index is 281. The van der Waals surface area contributed by atoms with Gasteiger partial charge in [-0.1, -0.05) is 18.6 Å². The predicted molar refractivity (Wildman–Crippen MR) is 54.5 cm³/mol. The molecule has 1 saturated carbocycles. The molecule has 0 radical (unpaired) electrons. The Labute approximate surface area is 80.8 Å². The van der Waals surface area contributed by atoms with Gasteiger partial charge in [-0.3, -0.25) is 0 Å². The molecular formula is C12H19N. The molecule has 0 aromatic carbocycles. The van der Waals surface area contributed by atoms with Gasteiger partial charge in [-0.05, 0) is 44.1 Å². The van der Waals surface area contributed by atoms with Crippen LogP contribution in [0.3, 0.4) is 0 Å². The maximum atomic E-state index is 2.54. The number of hydrogen-bond acceptors (Lipinski definition) is 1. The monoisotopic (exact) mass is 177 g/mol. The van der Waals surface area contributed by atoms with Crippen molar-refractivity contribution in [3.05, 3.63) is 11.6 Å². The van der Waals surface area contributed by atoms with E-state index in [1.807, 2.05) is 0 Å². The fourth-order valence-electron chi connectivity index (χ4n) is 3.83. The summed E-state index contributed by atoms with van der Waals surface area (Å²) in [7, 11) is 2.28. The third-order valence-electron chi connectivity index (χ3n) is 5.08. The highest BCUT2D eigenvalue weighted by Gasteiger charge is 2.56. The molecule has 0 spiro atoms. The van der Waals surface area contributed by atoms with Gasteiger partial charge in [0.15, 0.2) is 0 Å². The van der Waals surface area contributed by atoms with Crippen molar-refractivity contribution in [1.82, 2.24) is 4.90 Å². The lowest BCUT2D eigenvalue weighted by Gasteiger charge is -2.30. The Morgan fingerprint density at radius 2 is 2.31 bits per heavy atom. The summed E-state index contributed by atoms with van der Waals surface area (Å²) in [6, 6.07) is 0.781. The second-order valence-electron chi connectivity index (χ2n) is 5.51. The molecule has 3 rings (SSSR count). The van der Waals surface area contributed by atoms with E-state index in [1.165, 1.54) is 19.4 Å². The highest BCUT2D eigenvalue weighted by molar-refractivity contribution is 5.32. The van der Waals surface area contributed by atoms with E-state index in [4.69, 9.17) is 0 Å². The summed E-state index contributed by atoms with van der Waals surface area (Å²) in [5.74, 6) is 1.87. The van der Waals surface area contributed by atoms with Gasteiger partial charge >= 0.3 is 0 Å². The molecule has 1 unspecified atom stereocenters. The van der Waals surface area contributed by atoms with E-state index >= 15 is 0 Å². The summed E-state index contributed by atoms with van der Waals surface area (Å²) in [5.41, 5.74) is 2.40. The number of fused-ring (bicyclic) bond motifs is 3. The Balaban J connectivity index is 2.00. The van der Waals surface area contributed by atoms with Crippen LogP contribution in [0.4, 0.5) is 0 Å². The van der Waals surface area contributed by atoms with Gasteiger partial charge in [0.05, 0.1) is 0 Å². The van der Waals surface area contributed by atoms with Gasteiger partial charge in [-0.2, -0.15) is 0 Å². The molecule has 3 aliphatic rings. The summed E-state index contributed by atoms with van der Waals surface area (Å²) >= 11 is 0. The third-order valence-corrected chi connectivity index (χ3v) is 5.08. The Hall–Kier alpha value is -0.300. The van der Waals surface area contributed by atoms with Crippen molar-refractivity contribution in [3.63, 3.8) is 0 Å². The molecular weight excluding hydrogens is 158 g/mol. The zero-order valence-electron chi connectivity index (χ0n) is 8.88. The van der Waals surface area contributed by atoms with Crippen LogP contribution >= 0.6 is 0 Å². The minimum atomic E-state index is 0.599. The first-order valence-electron chi connectivity index (χ1n) is 5.53. The van der Waals surface area contributed by atoms with Crippen LogP contribution in [-0.2, 0) is 0 Å². The molecule has 1 nitrogen and oxygen atoms in total. The molecule has 0 N–H and O–H groups in total. The normalized spacial score (nSPS) is 54.1. The zero-order chi connectivity index (χ0) is 9.22. The van der Waals surface area contributed by atoms with Gasteiger partial charge in [0, 0.05) is 12.6 Å². The van der Waals surface area contributed by atoms with Crippen molar-refractivity contribution in [2.75, 3.05) is 13.6 Å². The molecule has 0 aromatic heterocycles. The van der Waals surface area contributed by atoms with E-state index in [-0.39, 0.29) is 0 Å². The maximum Gasteiger partial charge on any atom is 0.0124 e. The van der Waals surface area contributed by atoms with E-state index in [0.717, 1.165) is 17.9 Å². The van der Waals surface area contributed by atoms with Crippen LogP contribution in [0.2, 0.25) is 0 Å². The first kappa shape index (κ1) is 8.05. The van der Waals surface area contributed by atoms with Crippen LogP contribution in [-0.4, -0.2) is 24.5 Å². The van der Waals surface area contributed by atoms with Crippen molar-refractivity contribution < 1.29 is 0 Å². The molecule has 4 atom stereocenters. The van der Waals surface area contributed by atoms with Crippen LogP contribution in [0.15, 0.2) is 11.6 Å². The minimum absolute atomic E-state index is 0.599. The van der Waals surface area contributed by atoms with Gasteiger partial charge in [0.1, 0.15) is 0 Å². The number of nitrogens with zero attached hydrogens (tertiary/aromatic N) is 1. The van der Waals surface area contributed by atoms with E-state index in [9.17, 15) is 0 Å². The van der Waals surface area contributed by atoms with Crippen molar-refractivity contribution >= 4 is 0 Å². The first-order valence-corrected chi connectivity index (χ1v) is 5.53. The summed E-state index contributed by atoms with van der Waals surface area (Å²) in [4.78, 5) is 2.54. The molecule has 2 fully saturated rings. The smallest absolute Gasteiger partial charge is 0.0124 e. The average Bonchev–Trinajstić information content (AvgIpc) is 2.36. The van der Waals surface area contributed by atoms with Crippen molar-refractivity contribution in [1.29, 1.82) is 0 Å². The molecule has 13 heavy (non-hydrogen) atoms. The van der Waals surface area contributed by atoms with Crippen molar-refractivity contribution in [3.8, 4) is 0 Å². The second-order valence-corrected chi connectivity index (χ2v) is 5.51. The van der Waals surface area contributed by atoms with Crippen LogP contribution in [0, 0.1) is 17.3 Å². The maximum absolute atomic E-state index is 2.54. The number of hydrogen-bond donors (Lipinski definition) is 0. The summed E-state index contributed by atoms with van der Waals surface area (Å²) in [6.07, 6.45) is 5.32. The fourth-order valence-corrected chi connectivity index (χ4v) is 3.83. The van der Waals surface area contributed by atoms with E-state index in [2.05, 4.69) is 31.9 Å². The van der Waals surface area contributed by atoms with Crippen LogP contribution in [0.5, 0.6) is 0 Å². The summed E-state index contributed by atoms with van der Waals surface area (Å²) < 4.78 is 0. The highest BCUT2D eigenvalue weighted by Crippen LogP contribution is 2.60. The topological polar surface area (TPSA) is 3.24 Å². The van der Waals surface area contributed by atoms with Crippen LogP contribution in [0.25, 0.3) is 0 Å². The number of allylic oxidation sites excluding steroid dienone is 1. The standard InChI is InChI=1S/C12H19N/c1-8-12(2)6-9-4-5-10(9)11(12)7-13(8)3/h5,8-9,11H,4,6-7H2,1-3H3/t8-,9?,11-,12-/m1/s1. The number of likely N-dealkylation sites (tertiary alicyclic amines) is 1.